The van der Waals surface area contributed by atoms with Crippen LogP contribution in [0.1, 0.15) is 11.7 Å². The lowest BCUT2D eigenvalue weighted by Crippen LogP contribution is -2.39. The first kappa shape index (κ1) is 8.93. The Morgan fingerprint density at radius 1 is 1.31 bits per heavy atom. The van der Waals surface area contributed by atoms with E-state index in [1.807, 2.05) is 6.07 Å². The SMILES string of the molecule is C[Si]1(C)NCC(c2ccccc2)O1. The predicted octanol–water partition coefficient (Wildman–Crippen LogP) is 2.05. The molecule has 1 aliphatic rings. The number of hydrogen-bond acceptors (Lipinski definition) is 2. The van der Waals surface area contributed by atoms with Crippen LogP contribution in [0.3, 0.4) is 0 Å². The minimum atomic E-state index is -1.54. The van der Waals surface area contributed by atoms with Crippen molar-refractivity contribution >= 4 is 8.48 Å². The van der Waals surface area contributed by atoms with E-state index in [-0.39, 0.29) is 6.10 Å². The molecule has 0 spiro atoms. The quantitative estimate of drug-likeness (QED) is 0.689. The van der Waals surface area contributed by atoms with Gasteiger partial charge in [0.1, 0.15) is 0 Å². The molecule has 0 saturated carbocycles. The van der Waals surface area contributed by atoms with Crippen molar-refractivity contribution in [1.29, 1.82) is 0 Å². The molecule has 13 heavy (non-hydrogen) atoms. The maximum absolute atomic E-state index is 5.96. The normalized spacial score (nSPS) is 26.2. The lowest BCUT2D eigenvalue weighted by Gasteiger charge is -2.15. The van der Waals surface area contributed by atoms with Crippen molar-refractivity contribution in [2.24, 2.45) is 0 Å². The van der Waals surface area contributed by atoms with Crippen LogP contribution in [0.4, 0.5) is 0 Å². The van der Waals surface area contributed by atoms with Crippen LogP contribution in [-0.2, 0) is 4.43 Å². The van der Waals surface area contributed by atoms with Gasteiger partial charge in [0, 0.05) is 6.54 Å². The lowest BCUT2D eigenvalue weighted by atomic mass is 10.1. The second-order valence-electron chi connectivity index (χ2n) is 3.91. The second kappa shape index (κ2) is 3.25. The van der Waals surface area contributed by atoms with Crippen LogP contribution in [-0.4, -0.2) is 15.0 Å². The van der Waals surface area contributed by atoms with Crippen molar-refractivity contribution in [3.63, 3.8) is 0 Å². The van der Waals surface area contributed by atoms with Gasteiger partial charge in [-0.3, -0.25) is 0 Å². The lowest BCUT2D eigenvalue weighted by molar-refractivity contribution is 0.241. The van der Waals surface area contributed by atoms with Gasteiger partial charge in [0.15, 0.2) is 0 Å². The van der Waals surface area contributed by atoms with Gasteiger partial charge in [-0.2, -0.15) is 0 Å². The fourth-order valence-corrected chi connectivity index (χ4v) is 3.32. The summed E-state index contributed by atoms with van der Waals surface area (Å²) in [5.41, 5.74) is 1.29. The zero-order valence-corrected chi connectivity index (χ0v) is 9.08. The van der Waals surface area contributed by atoms with Gasteiger partial charge in [0.05, 0.1) is 6.10 Å². The molecule has 3 heteroatoms. The average molecular weight is 193 g/mol. The summed E-state index contributed by atoms with van der Waals surface area (Å²) in [7, 11) is -1.54. The molecule has 0 amide bonds. The summed E-state index contributed by atoms with van der Waals surface area (Å²) in [5.74, 6) is 0. The number of hydrogen-bond donors (Lipinski definition) is 1. The van der Waals surface area contributed by atoms with E-state index in [4.69, 9.17) is 4.43 Å². The van der Waals surface area contributed by atoms with Crippen LogP contribution < -0.4 is 4.98 Å². The third-order valence-corrected chi connectivity index (χ3v) is 4.25. The highest BCUT2D eigenvalue weighted by Gasteiger charge is 2.34. The van der Waals surface area contributed by atoms with Crippen molar-refractivity contribution in [3.8, 4) is 0 Å². The van der Waals surface area contributed by atoms with Gasteiger partial charge in [0.25, 0.3) is 8.48 Å². The topological polar surface area (TPSA) is 21.3 Å². The molecular weight excluding hydrogens is 178 g/mol. The van der Waals surface area contributed by atoms with Crippen molar-refractivity contribution in [2.45, 2.75) is 19.2 Å². The van der Waals surface area contributed by atoms with E-state index in [0.29, 0.717) is 0 Å². The molecule has 0 bridgehead atoms. The molecule has 1 unspecified atom stereocenters. The van der Waals surface area contributed by atoms with E-state index in [1.54, 1.807) is 0 Å². The maximum atomic E-state index is 5.96. The Labute approximate surface area is 80.1 Å². The van der Waals surface area contributed by atoms with Crippen molar-refractivity contribution in [2.75, 3.05) is 6.54 Å². The highest BCUT2D eigenvalue weighted by molar-refractivity contribution is 6.69. The number of nitrogens with one attached hydrogen (secondary N) is 1. The predicted molar refractivity (Wildman–Crippen MR) is 55.8 cm³/mol. The first-order valence-electron chi connectivity index (χ1n) is 4.65. The van der Waals surface area contributed by atoms with E-state index in [0.717, 1.165) is 6.54 Å². The van der Waals surface area contributed by atoms with Crippen LogP contribution in [0, 0.1) is 0 Å². The van der Waals surface area contributed by atoms with Gasteiger partial charge in [-0.05, 0) is 18.7 Å². The minimum Gasteiger partial charge on any atom is -0.395 e. The first-order valence-corrected chi connectivity index (χ1v) is 7.56. The molecule has 1 aliphatic heterocycles. The molecule has 70 valence electrons. The number of rotatable bonds is 1. The summed E-state index contributed by atoms with van der Waals surface area (Å²) < 4.78 is 5.96. The Morgan fingerprint density at radius 2 is 2.00 bits per heavy atom. The molecule has 0 aromatic heterocycles. The highest BCUT2D eigenvalue weighted by atomic mass is 28.4. The molecule has 0 radical (unpaired) electrons. The van der Waals surface area contributed by atoms with Gasteiger partial charge in [0.2, 0.25) is 0 Å². The van der Waals surface area contributed by atoms with Crippen molar-refractivity contribution in [1.82, 2.24) is 4.98 Å². The third-order valence-electron chi connectivity index (χ3n) is 2.32. The fraction of sp³-hybridized carbons (Fsp3) is 0.400. The largest absolute Gasteiger partial charge is 0.395 e. The van der Waals surface area contributed by atoms with Gasteiger partial charge in [-0.25, -0.2) is 0 Å². The molecular formula is C10H15NOSi. The molecule has 1 N–H and O–H groups in total. The van der Waals surface area contributed by atoms with E-state index in [1.165, 1.54) is 5.56 Å². The van der Waals surface area contributed by atoms with Gasteiger partial charge >= 0.3 is 0 Å². The zero-order chi connectivity index (χ0) is 9.31. The van der Waals surface area contributed by atoms with E-state index in [2.05, 4.69) is 42.3 Å². The summed E-state index contributed by atoms with van der Waals surface area (Å²) in [4.78, 5) is 3.46. The molecule has 1 atom stereocenters. The Morgan fingerprint density at radius 3 is 2.54 bits per heavy atom. The Hall–Kier alpha value is -0.643. The standard InChI is InChI=1S/C10H15NOSi/c1-13(2)11-8-10(12-13)9-6-4-3-5-7-9/h3-7,10-11H,8H2,1-2H3. The summed E-state index contributed by atoms with van der Waals surface area (Å²) in [6, 6.07) is 10.4. The molecule has 1 aromatic carbocycles. The molecule has 1 heterocycles. The molecule has 1 fully saturated rings. The van der Waals surface area contributed by atoms with Crippen LogP contribution in [0.15, 0.2) is 30.3 Å². The highest BCUT2D eigenvalue weighted by Crippen LogP contribution is 2.25. The van der Waals surface area contributed by atoms with Crippen LogP contribution >= 0.6 is 0 Å². The molecule has 1 aromatic rings. The number of benzene rings is 1. The Bertz CT molecular complexity index is 286. The third kappa shape index (κ3) is 1.99. The Balaban J connectivity index is 2.13. The van der Waals surface area contributed by atoms with Gasteiger partial charge < -0.3 is 9.41 Å². The van der Waals surface area contributed by atoms with E-state index < -0.39 is 8.48 Å². The second-order valence-corrected chi connectivity index (χ2v) is 7.52. The van der Waals surface area contributed by atoms with Crippen LogP contribution in [0.25, 0.3) is 0 Å². The summed E-state index contributed by atoms with van der Waals surface area (Å²) in [6.45, 7) is 5.34. The smallest absolute Gasteiger partial charge is 0.263 e. The summed E-state index contributed by atoms with van der Waals surface area (Å²) in [6.07, 6.45) is 0.267. The monoisotopic (exact) mass is 193 g/mol. The van der Waals surface area contributed by atoms with Crippen molar-refractivity contribution in [3.05, 3.63) is 35.9 Å². The van der Waals surface area contributed by atoms with Crippen LogP contribution in [0.2, 0.25) is 13.1 Å². The molecule has 2 nitrogen and oxygen atoms in total. The fourth-order valence-electron chi connectivity index (χ4n) is 1.63. The van der Waals surface area contributed by atoms with Gasteiger partial charge in [-0.1, -0.05) is 30.3 Å². The Kier molecular flexibility index (Phi) is 2.23. The first-order chi connectivity index (χ1) is 6.17. The molecule has 2 rings (SSSR count). The zero-order valence-electron chi connectivity index (χ0n) is 8.08. The van der Waals surface area contributed by atoms with Crippen LogP contribution in [0.5, 0.6) is 0 Å². The molecule has 1 saturated heterocycles. The minimum absolute atomic E-state index is 0.267. The van der Waals surface area contributed by atoms with Gasteiger partial charge in [-0.15, -0.1) is 0 Å². The maximum Gasteiger partial charge on any atom is 0.263 e. The summed E-state index contributed by atoms with van der Waals surface area (Å²) >= 11 is 0. The van der Waals surface area contributed by atoms with E-state index in [9.17, 15) is 0 Å². The summed E-state index contributed by atoms with van der Waals surface area (Å²) in [5, 5.41) is 0. The average Bonchev–Trinajstić information content (AvgIpc) is 2.48. The molecule has 0 aliphatic carbocycles. The van der Waals surface area contributed by atoms with E-state index >= 15 is 0 Å². The van der Waals surface area contributed by atoms with Crippen molar-refractivity contribution < 1.29 is 4.43 Å².